The summed E-state index contributed by atoms with van der Waals surface area (Å²) in [6, 6.07) is 0. The lowest BCUT2D eigenvalue weighted by molar-refractivity contribution is 0.345. The molecule has 1 unspecified atom stereocenters. The molecular formula is C10H20N2O2S. The normalized spacial score (nSPS) is 36.7. The van der Waals surface area contributed by atoms with Gasteiger partial charge in [-0.05, 0) is 38.1 Å². The van der Waals surface area contributed by atoms with Crippen molar-refractivity contribution in [1.82, 2.24) is 5.32 Å². The minimum Gasteiger partial charge on any atom is -0.330 e. The maximum atomic E-state index is 11.4. The van der Waals surface area contributed by atoms with Crippen molar-refractivity contribution in [2.24, 2.45) is 11.1 Å². The zero-order valence-corrected chi connectivity index (χ0v) is 10.1. The van der Waals surface area contributed by atoms with E-state index in [4.69, 9.17) is 5.73 Å². The number of hydrogen-bond donors (Lipinski definition) is 2. The van der Waals surface area contributed by atoms with Crippen molar-refractivity contribution >= 4 is 9.84 Å². The molecule has 1 heterocycles. The summed E-state index contributed by atoms with van der Waals surface area (Å²) in [7, 11) is -2.80. The zero-order chi connectivity index (χ0) is 11.2. The van der Waals surface area contributed by atoms with Crippen LogP contribution in [0, 0.1) is 5.41 Å². The summed E-state index contributed by atoms with van der Waals surface area (Å²) in [6.07, 6.45) is 3.09. The van der Waals surface area contributed by atoms with E-state index in [2.05, 4.69) is 5.32 Å². The zero-order valence-electron chi connectivity index (χ0n) is 9.25. The molecule has 0 aromatic heterocycles. The van der Waals surface area contributed by atoms with Gasteiger partial charge >= 0.3 is 0 Å². The second kappa shape index (κ2) is 3.43. The quantitative estimate of drug-likeness (QED) is 0.709. The number of rotatable bonds is 4. The van der Waals surface area contributed by atoms with Crippen molar-refractivity contribution in [3.05, 3.63) is 0 Å². The van der Waals surface area contributed by atoms with E-state index in [1.807, 2.05) is 6.92 Å². The van der Waals surface area contributed by atoms with E-state index in [0.29, 0.717) is 12.3 Å². The van der Waals surface area contributed by atoms with Gasteiger partial charge in [0.25, 0.3) is 0 Å². The van der Waals surface area contributed by atoms with E-state index in [1.54, 1.807) is 0 Å². The molecule has 0 aromatic rings. The molecule has 1 aliphatic carbocycles. The van der Waals surface area contributed by atoms with Crippen LogP contribution in [-0.2, 0) is 9.84 Å². The SMILES string of the molecule is CC1(NCC2(CN)CC2)CCS(=O)(=O)C1. The topological polar surface area (TPSA) is 72.2 Å². The Kier molecular flexibility index (Phi) is 2.60. The fraction of sp³-hybridized carbons (Fsp3) is 1.00. The molecule has 1 saturated heterocycles. The van der Waals surface area contributed by atoms with E-state index in [1.165, 1.54) is 12.8 Å². The molecule has 15 heavy (non-hydrogen) atoms. The lowest BCUT2D eigenvalue weighted by atomic mass is 9.99. The van der Waals surface area contributed by atoms with Crippen LogP contribution in [0.2, 0.25) is 0 Å². The first-order chi connectivity index (χ1) is 6.89. The molecule has 0 aromatic carbocycles. The first-order valence-corrected chi connectivity index (χ1v) is 7.37. The highest BCUT2D eigenvalue weighted by atomic mass is 32.2. The third-order valence-electron chi connectivity index (χ3n) is 3.78. The Labute approximate surface area is 91.5 Å². The Hall–Kier alpha value is -0.130. The van der Waals surface area contributed by atoms with Gasteiger partial charge in [0, 0.05) is 12.1 Å². The predicted molar refractivity (Wildman–Crippen MR) is 60.4 cm³/mol. The third-order valence-corrected chi connectivity index (χ3v) is 5.69. The molecule has 0 spiro atoms. The van der Waals surface area contributed by atoms with Crippen molar-refractivity contribution in [3.8, 4) is 0 Å². The van der Waals surface area contributed by atoms with Crippen LogP contribution < -0.4 is 11.1 Å². The van der Waals surface area contributed by atoms with E-state index in [0.717, 1.165) is 13.0 Å². The molecule has 0 bridgehead atoms. The maximum Gasteiger partial charge on any atom is 0.152 e. The molecule has 0 amide bonds. The van der Waals surface area contributed by atoms with E-state index >= 15 is 0 Å². The largest absolute Gasteiger partial charge is 0.330 e. The van der Waals surface area contributed by atoms with E-state index in [-0.39, 0.29) is 16.7 Å². The summed E-state index contributed by atoms with van der Waals surface area (Å²) in [4.78, 5) is 0. The van der Waals surface area contributed by atoms with Crippen molar-refractivity contribution in [3.63, 3.8) is 0 Å². The second-order valence-corrected chi connectivity index (χ2v) is 7.64. The molecule has 5 heteroatoms. The van der Waals surface area contributed by atoms with Crippen LogP contribution in [0.15, 0.2) is 0 Å². The van der Waals surface area contributed by atoms with E-state index in [9.17, 15) is 8.42 Å². The Morgan fingerprint density at radius 3 is 2.40 bits per heavy atom. The third kappa shape index (κ3) is 2.52. The van der Waals surface area contributed by atoms with Crippen LogP contribution in [-0.4, -0.2) is 38.6 Å². The van der Waals surface area contributed by atoms with Crippen molar-refractivity contribution in [2.75, 3.05) is 24.6 Å². The molecule has 1 atom stereocenters. The van der Waals surface area contributed by atoms with Crippen molar-refractivity contribution in [1.29, 1.82) is 0 Å². The molecule has 3 N–H and O–H groups in total. The summed E-state index contributed by atoms with van der Waals surface area (Å²) in [5.74, 6) is 0.604. The first-order valence-electron chi connectivity index (χ1n) is 5.54. The van der Waals surface area contributed by atoms with E-state index < -0.39 is 9.84 Å². The van der Waals surface area contributed by atoms with Gasteiger partial charge in [-0.1, -0.05) is 0 Å². The van der Waals surface area contributed by atoms with Gasteiger partial charge in [-0.2, -0.15) is 0 Å². The van der Waals surface area contributed by atoms with Gasteiger partial charge in [-0.3, -0.25) is 0 Å². The number of nitrogens with two attached hydrogens (primary N) is 1. The van der Waals surface area contributed by atoms with Crippen molar-refractivity contribution < 1.29 is 8.42 Å². The van der Waals surface area contributed by atoms with Crippen LogP contribution >= 0.6 is 0 Å². The summed E-state index contributed by atoms with van der Waals surface area (Å²) in [5, 5.41) is 3.41. The Balaban J connectivity index is 1.90. The Morgan fingerprint density at radius 2 is 2.00 bits per heavy atom. The molecule has 1 aliphatic heterocycles. The average molecular weight is 232 g/mol. The predicted octanol–water partition coefficient (Wildman–Crippen LogP) is -0.108. The number of hydrogen-bond acceptors (Lipinski definition) is 4. The Morgan fingerprint density at radius 1 is 1.33 bits per heavy atom. The van der Waals surface area contributed by atoms with Gasteiger partial charge in [-0.25, -0.2) is 8.42 Å². The van der Waals surface area contributed by atoms with Gasteiger partial charge in [0.15, 0.2) is 9.84 Å². The molecule has 4 nitrogen and oxygen atoms in total. The van der Waals surface area contributed by atoms with Crippen LogP contribution in [0.5, 0.6) is 0 Å². The fourth-order valence-electron chi connectivity index (χ4n) is 2.18. The lowest BCUT2D eigenvalue weighted by Crippen LogP contribution is -2.47. The lowest BCUT2D eigenvalue weighted by Gasteiger charge is -2.26. The fourth-order valence-corrected chi connectivity index (χ4v) is 4.30. The highest BCUT2D eigenvalue weighted by molar-refractivity contribution is 7.91. The summed E-state index contributed by atoms with van der Waals surface area (Å²) in [6.45, 7) is 3.59. The average Bonchev–Trinajstić information content (AvgIpc) is 2.87. The van der Waals surface area contributed by atoms with Crippen molar-refractivity contribution in [2.45, 2.75) is 31.7 Å². The van der Waals surface area contributed by atoms with Gasteiger partial charge in [0.2, 0.25) is 0 Å². The number of sulfone groups is 1. The maximum absolute atomic E-state index is 11.4. The van der Waals surface area contributed by atoms with Crippen LogP contribution in [0.25, 0.3) is 0 Å². The van der Waals surface area contributed by atoms with Gasteiger partial charge < -0.3 is 11.1 Å². The highest BCUT2D eigenvalue weighted by Gasteiger charge is 2.44. The molecule has 2 rings (SSSR count). The van der Waals surface area contributed by atoms with Crippen LogP contribution in [0.4, 0.5) is 0 Å². The summed E-state index contributed by atoms with van der Waals surface area (Å²) < 4.78 is 22.8. The summed E-state index contributed by atoms with van der Waals surface area (Å²) in [5.41, 5.74) is 5.75. The number of nitrogens with one attached hydrogen (secondary N) is 1. The minimum absolute atomic E-state index is 0.219. The summed E-state index contributed by atoms with van der Waals surface area (Å²) >= 11 is 0. The van der Waals surface area contributed by atoms with Crippen LogP contribution in [0.3, 0.4) is 0 Å². The minimum atomic E-state index is -2.80. The van der Waals surface area contributed by atoms with Crippen LogP contribution in [0.1, 0.15) is 26.2 Å². The van der Waals surface area contributed by atoms with Gasteiger partial charge in [0.1, 0.15) is 0 Å². The molecule has 2 aliphatic rings. The van der Waals surface area contributed by atoms with Gasteiger partial charge in [0.05, 0.1) is 11.5 Å². The van der Waals surface area contributed by atoms with Gasteiger partial charge in [-0.15, -0.1) is 0 Å². The molecule has 2 fully saturated rings. The highest BCUT2D eigenvalue weighted by Crippen LogP contribution is 2.44. The Bertz CT molecular complexity index is 348. The first kappa shape index (κ1) is 11.4. The molecular weight excluding hydrogens is 212 g/mol. The second-order valence-electron chi connectivity index (χ2n) is 5.46. The smallest absolute Gasteiger partial charge is 0.152 e. The monoisotopic (exact) mass is 232 g/mol. The molecule has 88 valence electrons. The molecule has 1 saturated carbocycles. The standard InChI is InChI=1S/C10H20N2O2S/c1-9(4-5-15(13,14)8-9)12-7-10(6-11)2-3-10/h12H,2-8,11H2,1H3. The molecule has 0 radical (unpaired) electrons.